The van der Waals surface area contributed by atoms with Crippen molar-refractivity contribution in [2.24, 2.45) is 11.3 Å². The summed E-state index contributed by atoms with van der Waals surface area (Å²) in [5.74, 6) is 2.02. The van der Waals surface area contributed by atoms with Crippen LogP contribution in [0, 0.1) is 36.5 Å². The molecular formula is C31H39N5O2S2. The van der Waals surface area contributed by atoms with Gasteiger partial charge in [0.2, 0.25) is 5.91 Å². The Morgan fingerprint density at radius 3 is 2.73 bits per heavy atom. The molecule has 0 saturated heterocycles. The van der Waals surface area contributed by atoms with E-state index >= 15 is 0 Å². The van der Waals surface area contributed by atoms with Gasteiger partial charge in [-0.3, -0.25) is 9.36 Å². The first-order chi connectivity index (χ1) is 19.1. The van der Waals surface area contributed by atoms with Crippen molar-refractivity contribution in [1.29, 1.82) is 5.26 Å². The number of rotatable bonds is 11. The molecule has 0 saturated carbocycles. The Hall–Kier alpha value is -3.09. The first-order valence-corrected chi connectivity index (χ1v) is 15.6. The van der Waals surface area contributed by atoms with Crippen molar-refractivity contribution in [2.45, 2.75) is 85.0 Å². The van der Waals surface area contributed by atoms with Crippen LogP contribution in [0.2, 0.25) is 0 Å². The fourth-order valence-corrected chi connectivity index (χ4v) is 7.36. The number of nitrogens with zero attached hydrogens (tertiary/aromatic N) is 4. The molecule has 0 spiro atoms. The number of aromatic nitrogens is 3. The predicted molar refractivity (Wildman–Crippen MR) is 163 cm³/mol. The third kappa shape index (κ3) is 6.61. The molecule has 2 atom stereocenters. The minimum absolute atomic E-state index is 0.153. The number of hydrogen-bond acceptors (Lipinski definition) is 7. The monoisotopic (exact) mass is 577 g/mol. The molecule has 2 heterocycles. The van der Waals surface area contributed by atoms with Gasteiger partial charge in [-0.15, -0.1) is 28.1 Å². The van der Waals surface area contributed by atoms with Crippen molar-refractivity contribution >= 4 is 34.0 Å². The highest BCUT2D eigenvalue weighted by Crippen LogP contribution is 2.45. The van der Waals surface area contributed by atoms with Gasteiger partial charge in [-0.1, -0.05) is 51.1 Å². The number of carbonyl (C=O) groups is 1. The maximum absolute atomic E-state index is 13.0. The lowest BCUT2D eigenvalue weighted by Crippen LogP contribution is -2.28. The average Bonchev–Trinajstić information content (AvgIpc) is 3.46. The van der Waals surface area contributed by atoms with Gasteiger partial charge in [0.1, 0.15) is 16.8 Å². The van der Waals surface area contributed by atoms with E-state index in [-0.39, 0.29) is 23.2 Å². The summed E-state index contributed by atoms with van der Waals surface area (Å²) >= 11 is 2.88. The van der Waals surface area contributed by atoms with E-state index in [9.17, 15) is 10.1 Å². The third-order valence-corrected chi connectivity index (χ3v) is 10.0. The quantitative estimate of drug-likeness (QED) is 0.188. The number of hydrogen-bond donors (Lipinski definition) is 1. The lowest BCUT2D eigenvalue weighted by molar-refractivity contribution is -0.113. The van der Waals surface area contributed by atoms with E-state index in [1.165, 1.54) is 16.6 Å². The summed E-state index contributed by atoms with van der Waals surface area (Å²) in [5, 5.41) is 22.9. The minimum Gasteiger partial charge on any atom is -0.483 e. The largest absolute Gasteiger partial charge is 0.483 e. The summed E-state index contributed by atoms with van der Waals surface area (Å²) in [4.78, 5) is 14.3. The Morgan fingerprint density at radius 1 is 1.35 bits per heavy atom. The van der Waals surface area contributed by atoms with Gasteiger partial charge in [0, 0.05) is 11.4 Å². The van der Waals surface area contributed by atoms with Crippen LogP contribution in [0.5, 0.6) is 5.75 Å². The third-order valence-electron chi connectivity index (χ3n) is 7.91. The normalized spacial score (nSPS) is 15.7. The van der Waals surface area contributed by atoms with Crippen molar-refractivity contribution in [3.05, 3.63) is 63.8 Å². The molecule has 0 radical (unpaired) electrons. The topological polar surface area (TPSA) is 92.8 Å². The van der Waals surface area contributed by atoms with Gasteiger partial charge in [0.05, 0.1) is 11.3 Å². The highest BCUT2D eigenvalue weighted by Gasteiger charge is 2.34. The molecule has 4 rings (SSSR count). The van der Waals surface area contributed by atoms with E-state index in [1.807, 2.05) is 37.5 Å². The molecule has 1 aliphatic rings. The van der Waals surface area contributed by atoms with Gasteiger partial charge in [-0.2, -0.15) is 5.26 Å². The molecule has 2 unspecified atom stereocenters. The summed E-state index contributed by atoms with van der Waals surface area (Å²) in [7, 11) is 0. The SMILES string of the molecule is C=CCn1c(SCC(=O)Nc2sc3c(c2C#N)CCC(C(C)(C)CC)C3)nnc1C(C)Oc1cc(C)cc(C)c1. The molecule has 0 fully saturated rings. The molecule has 1 aromatic carbocycles. The Balaban J connectivity index is 1.44. The number of nitrogens with one attached hydrogen (secondary N) is 1. The lowest BCUT2D eigenvalue weighted by Gasteiger charge is -2.36. The van der Waals surface area contributed by atoms with Crippen LogP contribution in [0.4, 0.5) is 5.00 Å². The first-order valence-electron chi connectivity index (χ1n) is 13.8. The van der Waals surface area contributed by atoms with Gasteiger partial charge in [0.25, 0.3) is 0 Å². The van der Waals surface area contributed by atoms with Gasteiger partial charge >= 0.3 is 0 Å². The maximum atomic E-state index is 13.0. The van der Waals surface area contributed by atoms with E-state index in [4.69, 9.17) is 4.74 Å². The van der Waals surface area contributed by atoms with Crippen LogP contribution in [0.3, 0.4) is 0 Å². The van der Waals surface area contributed by atoms with Crippen LogP contribution in [0.1, 0.15) is 79.6 Å². The zero-order valence-corrected chi connectivity index (χ0v) is 26.0. The van der Waals surface area contributed by atoms with E-state index in [1.54, 1.807) is 17.4 Å². The molecular weight excluding hydrogens is 539 g/mol. The number of aryl methyl sites for hydroxylation is 2. The van der Waals surface area contributed by atoms with Gasteiger partial charge < -0.3 is 10.1 Å². The summed E-state index contributed by atoms with van der Waals surface area (Å²) in [6.07, 6.45) is 5.50. The molecule has 0 aliphatic heterocycles. The molecule has 1 amide bonds. The number of thiophene rings is 1. The number of carbonyl (C=O) groups excluding carboxylic acids is 1. The zero-order valence-electron chi connectivity index (χ0n) is 24.3. The Morgan fingerprint density at radius 2 is 2.08 bits per heavy atom. The number of thioether (sulfide) groups is 1. The summed E-state index contributed by atoms with van der Waals surface area (Å²) in [6, 6.07) is 8.46. The second-order valence-electron chi connectivity index (χ2n) is 11.3. The Bertz CT molecular complexity index is 1410. The molecule has 1 aliphatic carbocycles. The van der Waals surface area contributed by atoms with Crippen LogP contribution >= 0.6 is 23.1 Å². The average molecular weight is 578 g/mol. The van der Waals surface area contributed by atoms with Crippen LogP contribution in [0.15, 0.2) is 36.0 Å². The minimum atomic E-state index is -0.339. The second kappa shape index (κ2) is 12.6. The fraction of sp³-hybridized carbons (Fsp3) is 0.484. The van der Waals surface area contributed by atoms with Crippen molar-refractivity contribution in [2.75, 3.05) is 11.1 Å². The van der Waals surface area contributed by atoms with E-state index in [2.05, 4.69) is 55.0 Å². The molecule has 3 aromatic rings. The highest BCUT2D eigenvalue weighted by molar-refractivity contribution is 7.99. The zero-order chi connectivity index (χ0) is 29.0. The van der Waals surface area contributed by atoms with Gasteiger partial charge in [0.15, 0.2) is 17.1 Å². The fourth-order valence-electron chi connectivity index (χ4n) is 5.31. The number of amides is 1. The Kier molecular flexibility index (Phi) is 9.42. The second-order valence-corrected chi connectivity index (χ2v) is 13.3. The number of fused-ring (bicyclic) bond motifs is 1. The van der Waals surface area contributed by atoms with E-state index in [0.29, 0.717) is 34.0 Å². The van der Waals surface area contributed by atoms with Crippen molar-refractivity contribution < 1.29 is 9.53 Å². The lowest BCUT2D eigenvalue weighted by atomic mass is 9.69. The molecule has 0 bridgehead atoms. The molecule has 7 nitrogen and oxygen atoms in total. The first kappa shape index (κ1) is 29.9. The highest BCUT2D eigenvalue weighted by atomic mass is 32.2. The molecule has 212 valence electrons. The van der Waals surface area contributed by atoms with Crippen LogP contribution in [-0.4, -0.2) is 26.4 Å². The number of benzene rings is 1. The molecule has 9 heteroatoms. The van der Waals surface area contributed by atoms with Crippen molar-refractivity contribution in [3.8, 4) is 11.8 Å². The van der Waals surface area contributed by atoms with Crippen molar-refractivity contribution in [1.82, 2.24) is 14.8 Å². The summed E-state index contributed by atoms with van der Waals surface area (Å²) < 4.78 is 8.12. The van der Waals surface area contributed by atoms with Crippen LogP contribution in [0.25, 0.3) is 0 Å². The van der Waals surface area contributed by atoms with E-state index < -0.39 is 0 Å². The van der Waals surface area contributed by atoms with Crippen LogP contribution in [-0.2, 0) is 24.2 Å². The summed E-state index contributed by atoms with van der Waals surface area (Å²) in [6.45, 7) is 17.3. The molecule has 1 N–H and O–H groups in total. The number of ether oxygens (including phenoxy) is 1. The van der Waals surface area contributed by atoms with Gasteiger partial charge in [-0.05, 0) is 80.2 Å². The van der Waals surface area contributed by atoms with Crippen LogP contribution < -0.4 is 10.1 Å². The molecule has 40 heavy (non-hydrogen) atoms. The van der Waals surface area contributed by atoms with E-state index in [0.717, 1.165) is 48.1 Å². The Labute approximate surface area is 246 Å². The number of allylic oxidation sites excluding steroid dienone is 1. The molecule has 2 aromatic heterocycles. The standard InChI is InChI=1S/C31H39N5O2S2/c1-8-12-36-28(21(5)38-23-14-19(3)13-20(4)15-23)34-35-30(36)39-18-27(37)33-29-25(17-32)24-11-10-22(16-26(24)40-29)31(6,7)9-2/h8,13-15,21-22H,1,9-12,16,18H2,2-7H3,(H,33,37). The predicted octanol–water partition coefficient (Wildman–Crippen LogP) is 7.43. The van der Waals surface area contributed by atoms with Crippen molar-refractivity contribution in [3.63, 3.8) is 0 Å². The summed E-state index contributed by atoms with van der Waals surface area (Å²) in [5.41, 5.74) is 4.27. The number of anilines is 1. The smallest absolute Gasteiger partial charge is 0.235 e. The maximum Gasteiger partial charge on any atom is 0.235 e. The number of nitriles is 1. The van der Waals surface area contributed by atoms with Gasteiger partial charge in [-0.25, -0.2) is 0 Å².